The molecule has 0 bridgehead atoms. The Morgan fingerprint density at radius 1 is 1.21 bits per heavy atom. The molecule has 0 unspecified atom stereocenters. The van der Waals surface area contributed by atoms with E-state index in [2.05, 4.69) is 33.8 Å². The molecule has 2 saturated heterocycles. The molecule has 1 aromatic heterocycles. The molecule has 1 amide bonds. The fourth-order valence-electron chi connectivity index (χ4n) is 3.79. The second kappa shape index (κ2) is 8.58. The molecule has 5 nitrogen and oxygen atoms in total. The highest BCUT2D eigenvalue weighted by atomic mass is 16.5. The molecule has 0 radical (unpaired) electrons. The highest BCUT2D eigenvalue weighted by Gasteiger charge is 2.24. The lowest BCUT2D eigenvalue weighted by atomic mass is 9.90. The highest BCUT2D eigenvalue weighted by molar-refractivity contribution is 5.76. The van der Waals surface area contributed by atoms with Gasteiger partial charge in [-0.25, -0.2) is 0 Å². The molecule has 3 rings (SSSR count). The fourth-order valence-corrected chi connectivity index (χ4v) is 3.79. The van der Waals surface area contributed by atoms with E-state index in [1.165, 1.54) is 5.56 Å². The third-order valence-corrected chi connectivity index (χ3v) is 5.47. The lowest BCUT2D eigenvalue weighted by molar-refractivity contribution is -0.132. The smallest absolute Gasteiger partial charge is 0.222 e. The summed E-state index contributed by atoms with van der Waals surface area (Å²) in [7, 11) is 0. The van der Waals surface area contributed by atoms with E-state index in [9.17, 15) is 4.79 Å². The molecule has 1 aromatic rings. The van der Waals surface area contributed by atoms with Crippen LogP contribution < -0.4 is 0 Å². The van der Waals surface area contributed by atoms with Crippen LogP contribution in [0.2, 0.25) is 0 Å². The van der Waals surface area contributed by atoms with Gasteiger partial charge in [0.2, 0.25) is 5.91 Å². The summed E-state index contributed by atoms with van der Waals surface area (Å²) in [6.07, 6.45) is 7.46. The number of carbonyl (C=O) groups is 1. The molecular weight excluding hydrogens is 302 g/mol. The van der Waals surface area contributed by atoms with Crippen molar-refractivity contribution in [3.63, 3.8) is 0 Å². The number of hydrogen-bond donors (Lipinski definition) is 0. The van der Waals surface area contributed by atoms with Gasteiger partial charge < -0.3 is 9.64 Å². The molecule has 0 N–H and O–H groups in total. The molecule has 132 valence electrons. The predicted octanol–water partition coefficient (Wildman–Crippen LogP) is 2.29. The van der Waals surface area contributed by atoms with Crippen molar-refractivity contribution in [1.29, 1.82) is 0 Å². The van der Waals surface area contributed by atoms with Gasteiger partial charge in [-0.1, -0.05) is 0 Å². The van der Waals surface area contributed by atoms with Gasteiger partial charge >= 0.3 is 0 Å². The summed E-state index contributed by atoms with van der Waals surface area (Å²) in [5.41, 5.74) is 1.36. The minimum Gasteiger partial charge on any atom is -0.379 e. The molecule has 1 atom stereocenters. The van der Waals surface area contributed by atoms with Crippen LogP contribution in [-0.4, -0.2) is 66.1 Å². The average molecular weight is 331 g/mol. The van der Waals surface area contributed by atoms with Crippen LogP contribution in [0.15, 0.2) is 24.5 Å². The first kappa shape index (κ1) is 17.4. The zero-order valence-electron chi connectivity index (χ0n) is 14.7. The van der Waals surface area contributed by atoms with Gasteiger partial charge in [0.25, 0.3) is 0 Å². The lowest BCUT2D eigenvalue weighted by Gasteiger charge is -2.34. The Morgan fingerprint density at radius 2 is 1.88 bits per heavy atom. The quantitative estimate of drug-likeness (QED) is 0.830. The van der Waals surface area contributed by atoms with E-state index in [0.29, 0.717) is 24.3 Å². The predicted molar refractivity (Wildman–Crippen MR) is 93.9 cm³/mol. The number of likely N-dealkylation sites (tertiary alicyclic amines) is 1. The zero-order valence-corrected chi connectivity index (χ0v) is 14.7. The van der Waals surface area contributed by atoms with Crippen molar-refractivity contribution in [1.82, 2.24) is 14.8 Å². The number of aromatic nitrogens is 1. The third-order valence-electron chi connectivity index (χ3n) is 5.47. The van der Waals surface area contributed by atoms with E-state index in [0.717, 1.165) is 58.7 Å². The Morgan fingerprint density at radius 3 is 2.54 bits per heavy atom. The van der Waals surface area contributed by atoms with Crippen molar-refractivity contribution < 1.29 is 9.53 Å². The Kier molecular flexibility index (Phi) is 6.21. The SMILES string of the molecule is C[C@@H](CCC(=O)N1CCC(c2ccncc2)CC1)N1CCOCC1. The molecule has 24 heavy (non-hydrogen) atoms. The number of nitrogens with zero attached hydrogens (tertiary/aromatic N) is 3. The molecule has 0 spiro atoms. The highest BCUT2D eigenvalue weighted by Crippen LogP contribution is 2.27. The number of rotatable bonds is 5. The topological polar surface area (TPSA) is 45.7 Å². The monoisotopic (exact) mass is 331 g/mol. The number of amides is 1. The third kappa shape index (κ3) is 4.54. The van der Waals surface area contributed by atoms with Gasteiger partial charge in [0.1, 0.15) is 0 Å². The minimum absolute atomic E-state index is 0.322. The van der Waals surface area contributed by atoms with Crippen LogP contribution in [0.25, 0.3) is 0 Å². The van der Waals surface area contributed by atoms with Crippen LogP contribution in [0.1, 0.15) is 44.1 Å². The first-order valence-corrected chi connectivity index (χ1v) is 9.23. The maximum Gasteiger partial charge on any atom is 0.222 e. The summed E-state index contributed by atoms with van der Waals surface area (Å²) < 4.78 is 5.40. The van der Waals surface area contributed by atoms with E-state index in [1.807, 2.05) is 12.4 Å². The molecular formula is C19H29N3O2. The van der Waals surface area contributed by atoms with Crippen LogP contribution in [0.3, 0.4) is 0 Å². The number of pyridine rings is 1. The van der Waals surface area contributed by atoms with Crippen LogP contribution in [-0.2, 0) is 9.53 Å². The van der Waals surface area contributed by atoms with Gasteiger partial charge in [-0.3, -0.25) is 14.7 Å². The van der Waals surface area contributed by atoms with E-state index in [4.69, 9.17) is 4.74 Å². The van der Waals surface area contributed by atoms with Crippen molar-refractivity contribution in [3.05, 3.63) is 30.1 Å². The van der Waals surface area contributed by atoms with Crippen LogP contribution >= 0.6 is 0 Å². The van der Waals surface area contributed by atoms with Crippen LogP contribution in [0.5, 0.6) is 0 Å². The van der Waals surface area contributed by atoms with Crippen molar-refractivity contribution in [3.8, 4) is 0 Å². The Hall–Kier alpha value is -1.46. The number of hydrogen-bond acceptors (Lipinski definition) is 4. The Labute approximate surface area is 145 Å². The summed E-state index contributed by atoms with van der Waals surface area (Å²) in [5.74, 6) is 0.896. The van der Waals surface area contributed by atoms with E-state index < -0.39 is 0 Å². The van der Waals surface area contributed by atoms with Gasteiger partial charge in [0.05, 0.1) is 13.2 Å². The van der Waals surface area contributed by atoms with Gasteiger partial charge in [-0.2, -0.15) is 0 Å². The summed E-state index contributed by atoms with van der Waals surface area (Å²) >= 11 is 0. The molecule has 2 aliphatic heterocycles. The molecule has 0 saturated carbocycles. The summed E-state index contributed by atoms with van der Waals surface area (Å²) in [4.78, 5) is 21.1. The van der Waals surface area contributed by atoms with Crippen molar-refractivity contribution in [2.45, 2.75) is 44.6 Å². The summed E-state index contributed by atoms with van der Waals surface area (Å²) in [6.45, 7) is 7.63. The largest absolute Gasteiger partial charge is 0.379 e. The van der Waals surface area contributed by atoms with Crippen molar-refractivity contribution in [2.75, 3.05) is 39.4 Å². The van der Waals surface area contributed by atoms with Crippen molar-refractivity contribution >= 4 is 5.91 Å². The maximum absolute atomic E-state index is 12.5. The molecule has 0 aliphatic carbocycles. The zero-order chi connectivity index (χ0) is 16.8. The number of morpholine rings is 1. The normalized spacial score (nSPS) is 21.6. The van der Waals surface area contributed by atoms with Crippen LogP contribution in [0, 0.1) is 0 Å². The van der Waals surface area contributed by atoms with Gasteiger partial charge in [-0.05, 0) is 49.8 Å². The maximum atomic E-state index is 12.5. The fraction of sp³-hybridized carbons (Fsp3) is 0.684. The second-order valence-corrected chi connectivity index (χ2v) is 6.97. The number of piperidine rings is 1. The first-order valence-electron chi connectivity index (χ1n) is 9.23. The summed E-state index contributed by atoms with van der Waals surface area (Å²) in [6, 6.07) is 4.67. The standard InChI is InChI=1S/C19H29N3O2/c1-16(21-12-14-24-15-13-21)2-3-19(23)22-10-6-18(7-11-22)17-4-8-20-9-5-17/h4-5,8-9,16,18H,2-3,6-7,10-15H2,1H3/t16-/m0/s1. The molecule has 5 heteroatoms. The van der Waals surface area contributed by atoms with E-state index >= 15 is 0 Å². The Balaban J connectivity index is 1.40. The number of ether oxygens (including phenoxy) is 1. The number of carbonyl (C=O) groups excluding carboxylic acids is 1. The second-order valence-electron chi connectivity index (χ2n) is 6.97. The molecule has 2 aliphatic rings. The Bertz CT molecular complexity index is 509. The van der Waals surface area contributed by atoms with Gasteiger partial charge in [0.15, 0.2) is 0 Å². The summed E-state index contributed by atoms with van der Waals surface area (Å²) in [5, 5.41) is 0. The molecule has 3 heterocycles. The van der Waals surface area contributed by atoms with Crippen LogP contribution in [0.4, 0.5) is 0 Å². The van der Waals surface area contributed by atoms with E-state index in [1.54, 1.807) is 0 Å². The minimum atomic E-state index is 0.322. The first-order chi connectivity index (χ1) is 11.7. The molecule has 0 aromatic carbocycles. The van der Waals surface area contributed by atoms with Crippen molar-refractivity contribution in [2.24, 2.45) is 0 Å². The van der Waals surface area contributed by atoms with Gasteiger partial charge in [-0.15, -0.1) is 0 Å². The van der Waals surface area contributed by atoms with E-state index in [-0.39, 0.29) is 0 Å². The lowest BCUT2D eigenvalue weighted by Crippen LogP contribution is -2.43. The molecule has 2 fully saturated rings. The van der Waals surface area contributed by atoms with Gasteiger partial charge in [0, 0.05) is 51.0 Å². The average Bonchev–Trinajstić information content (AvgIpc) is 2.67.